The molecular weight excluding hydrogens is 314 g/mol. The van der Waals surface area contributed by atoms with Gasteiger partial charge in [0.2, 0.25) is 5.91 Å². The van der Waals surface area contributed by atoms with Gasteiger partial charge in [-0.1, -0.05) is 38.0 Å². The van der Waals surface area contributed by atoms with Gasteiger partial charge in [-0.2, -0.15) is 0 Å². The molecule has 25 heavy (non-hydrogen) atoms. The summed E-state index contributed by atoms with van der Waals surface area (Å²) in [5.41, 5.74) is 3.08. The molecule has 0 radical (unpaired) electrons. The molecule has 0 saturated heterocycles. The van der Waals surface area contributed by atoms with E-state index in [1.165, 1.54) is 0 Å². The molecule has 1 rings (SSSR count). The third-order valence-electron chi connectivity index (χ3n) is 4.39. The summed E-state index contributed by atoms with van der Waals surface area (Å²) in [6.45, 7) is 8.21. The molecule has 0 fully saturated rings. The highest BCUT2D eigenvalue weighted by Gasteiger charge is 2.18. The van der Waals surface area contributed by atoms with Crippen molar-refractivity contribution in [2.75, 3.05) is 32.0 Å². The van der Waals surface area contributed by atoms with Crippen molar-refractivity contribution in [3.8, 4) is 0 Å². The van der Waals surface area contributed by atoms with E-state index in [-0.39, 0.29) is 11.9 Å². The molecule has 0 aliphatic heterocycles. The van der Waals surface area contributed by atoms with E-state index in [4.69, 9.17) is 0 Å². The number of aryl methyl sites for hydroxylation is 2. The van der Waals surface area contributed by atoms with Crippen LogP contribution in [0, 0.1) is 13.8 Å². The third kappa shape index (κ3) is 7.80. The Bertz CT molecular complexity index is 525. The highest BCUT2D eigenvalue weighted by Crippen LogP contribution is 2.20. The largest absolute Gasteiger partial charge is 0.324 e. The van der Waals surface area contributed by atoms with Gasteiger partial charge in [-0.25, -0.2) is 0 Å². The second kappa shape index (κ2) is 11.8. The number of aldehydes is 1. The van der Waals surface area contributed by atoms with Crippen LogP contribution in [0.1, 0.15) is 43.7 Å². The van der Waals surface area contributed by atoms with Gasteiger partial charge in [0.25, 0.3) is 0 Å². The minimum atomic E-state index is -0.185. The molecule has 0 aliphatic rings. The summed E-state index contributed by atoms with van der Waals surface area (Å²) < 4.78 is 0. The molecule has 0 aliphatic carbocycles. The summed E-state index contributed by atoms with van der Waals surface area (Å²) in [7, 11) is 1.93. The van der Waals surface area contributed by atoms with Crippen molar-refractivity contribution in [2.45, 2.75) is 52.5 Å². The van der Waals surface area contributed by atoms with Crippen LogP contribution in [0.4, 0.5) is 5.69 Å². The van der Waals surface area contributed by atoms with Crippen LogP contribution < -0.4 is 10.6 Å². The molecule has 0 spiro atoms. The molecule has 0 unspecified atom stereocenters. The van der Waals surface area contributed by atoms with E-state index in [1.807, 2.05) is 44.0 Å². The number of hydrogen-bond donors (Lipinski definition) is 2. The van der Waals surface area contributed by atoms with Gasteiger partial charge in [-0.05, 0) is 58.0 Å². The Morgan fingerprint density at radius 2 is 1.92 bits per heavy atom. The highest BCUT2D eigenvalue weighted by atomic mass is 16.2. The van der Waals surface area contributed by atoms with Crippen LogP contribution in [0.2, 0.25) is 0 Å². The zero-order chi connectivity index (χ0) is 18.7. The maximum atomic E-state index is 12.7. The van der Waals surface area contributed by atoms with E-state index in [0.29, 0.717) is 6.54 Å². The molecule has 1 aromatic carbocycles. The fraction of sp³-hybridized carbons (Fsp3) is 0.600. The summed E-state index contributed by atoms with van der Waals surface area (Å²) in [5.74, 6) is 0.0343. The summed E-state index contributed by atoms with van der Waals surface area (Å²) in [6.07, 6.45) is 4.73. The number of amides is 1. The number of hydrogen-bond acceptors (Lipinski definition) is 4. The maximum absolute atomic E-state index is 12.7. The first-order valence-corrected chi connectivity index (χ1v) is 9.22. The zero-order valence-corrected chi connectivity index (χ0v) is 16.1. The minimum Gasteiger partial charge on any atom is -0.324 e. The second-order valence-electron chi connectivity index (χ2n) is 6.69. The normalized spacial score (nSPS) is 12.2. The summed E-state index contributed by atoms with van der Waals surface area (Å²) in [4.78, 5) is 25.2. The van der Waals surface area contributed by atoms with Crippen LogP contribution in [0.15, 0.2) is 18.2 Å². The number of likely N-dealkylation sites (N-methyl/N-ethyl adjacent to an activating group) is 1. The average Bonchev–Trinajstić information content (AvgIpc) is 2.57. The maximum Gasteiger partial charge on any atom is 0.241 e. The van der Waals surface area contributed by atoms with Crippen molar-refractivity contribution < 1.29 is 9.59 Å². The van der Waals surface area contributed by atoms with E-state index >= 15 is 0 Å². The van der Waals surface area contributed by atoms with E-state index < -0.39 is 0 Å². The quantitative estimate of drug-likeness (QED) is 0.451. The first-order valence-electron chi connectivity index (χ1n) is 9.22. The molecule has 1 amide bonds. The fourth-order valence-electron chi connectivity index (χ4n) is 2.80. The molecule has 0 bridgehead atoms. The number of unbranched alkanes of at least 4 members (excludes halogenated alkanes) is 1. The smallest absolute Gasteiger partial charge is 0.241 e. The van der Waals surface area contributed by atoms with Gasteiger partial charge in [0.1, 0.15) is 6.29 Å². The van der Waals surface area contributed by atoms with Crippen molar-refractivity contribution >= 4 is 17.9 Å². The molecular formula is C20H33N3O2. The predicted octanol–water partition coefficient (Wildman–Crippen LogP) is 2.91. The van der Waals surface area contributed by atoms with E-state index in [2.05, 4.69) is 17.6 Å². The van der Waals surface area contributed by atoms with Gasteiger partial charge >= 0.3 is 0 Å². The monoisotopic (exact) mass is 347 g/mol. The lowest BCUT2D eigenvalue weighted by Crippen LogP contribution is -2.41. The van der Waals surface area contributed by atoms with Crippen molar-refractivity contribution in [3.05, 3.63) is 29.3 Å². The van der Waals surface area contributed by atoms with Crippen LogP contribution in [0.3, 0.4) is 0 Å². The van der Waals surface area contributed by atoms with Gasteiger partial charge in [0.05, 0.1) is 12.6 Å². The molecule has 5 heteroatoms. The summed E-state index contributed by atoms with van der Waals surface area (Å²) in [6, 6.07) is 5.85. The van der Waals surface area contributed by atoms with Crippen molar-refractivity contribution in [2.24, 2.45) is 0 Å². The topological polar surface area (TPSA) is 61.4 Å². The minimum absolute atomic E-state index is 0.0343. The van der Waals surface area contributed by atoms with E-state index in [1.54, 1.807) is 0 Å². The molecule has 0 saturated carbocycles. The van der Waals surface area contributed by atoms with Crippen molar-refractivity contribution in [1.29, 1.82) is 0 Å². The number of carbonyl (C=O) groups is 2. The number of nitrogens with zero attached hydrogens (tertiary/aromatic N) is 1. The molecule has 5 nitrogen and oxygen atoms in total. The molecule has 0 aromatic heterocycles. The van der Waals surface area contributed by atoms with Crippen LogP contribution >= 0.6 is 0 Å². The van der Waals surface area contributed by atoms with Crippen LogP contribution in [-0.4, -0.2) is 49.8 Å². The Morgan fingerprint density at radius 1 is 1.24 bits per heavy atom. The fourth-order valence-corrected chi connectivity index (χ4v) is 2.80. The van der Waals surface area contributed by atoms with Crippen LogP contribution in [0.5, 0.6) is 0 Å². The van der Waals surface area contributed by atoms with Crippen LogP contribution in [-0.2, 0) is 9.59 Å². The van der Waals surface area contributed by atoms with Gasteiger partial charge in [0.15, 0.2) is 0 Å². The first-order chi connectivity index (χ1) is 12.0. The lowest BCUT2D eigenvalue weighted by atomic mass is 10.1. The molecule has 0 heterocycles. The number of para-hydroxylation sites is 1. The van der Waals surface area contributed by atoms with Gasteiger partial charge < -0.3 is 15.4 Å². The Balaban J connectivity index is 2.58. The summed E-state index contributed by atoms with van der Waals surface area (Å²) in [5, 5.41) is 6.48. The number of anilines is 1. The molecule has 1 aromatic rings. The van der Waals surface area contributed by atoms with Gasteiger partial charge in [0, 0.05) is 5.69 Å². The first kappa shape index (κ1) is 21.3. The van der Waals surface area contributed by atoms with E-state index in [9.17, 15) is 9.59 Å². The number of nitrogens with one attached hydrogen (secondary N) is 2. The Kier molecular flexibility index (Phi) is 10.0. The lowest BCUT2D eigenvalue weighted by Gasteiger charge is -2.21. The predicted molar refractivity (Wildman–Crippen MR) is 104 cm³/mol. The SMILES string of the molecule is CCCC[C@@H](NCCCN(C)CC=O)C(=O)Nc1c(C)cccc1C. The Hall–Kier alpha value is -1.72. The second-order valence-corrected chi connectivity index (χ2v) is 6.69. The van der Waals surface area contributed by atoms with Gasteiger partial charge in [-0.3, -0.25) is 9.69 Å². The zero-order valence-electron chi connectivity index (χ0n) is 16.1. The Labute approximate surface area is 152 Å². The van der Waals surface area contributed by atoms with Crippen molar-refractivity contribution in [3.63, 3.8) is 0 Å². The highest BCUT2D eigenvalue weighted by molar-refractivity contribution is 5.96. The third-order valence-corrected chi connectivity index (χ3v) is 4.39. The number of carbonyl (C=O) groups excluding carboxylic acids is 2. The van der Waals surface area contributed by atoms with E-state index in [0.717, 1.165) is 61.9 Å². The van der Waals surface area contributed by atoms with Crippen LogP contribution in [0.25, 0.3) is 0 Å². The Morgan fingerprint density at radius 3 is 2.52 bits per heavy atom. The number of benzene rings is 1. The summed E-state index contributed by atoms with van der Waals surface area (Å²) >= 11 is 0. The van der Waals surface area contributed by atoms with Crippen molar-refractivity contribution in [1.82, 2.24) is 10.2 Å². The molecule has 1 atom stereocenters. The van der Waals surface area contributed by atoms with Gasteiger partial charge in [-0.15, -0.1) is 0 Å². The molecule has 140 valence electrons. The lowest BCUT2D eigenvalue weighted by molar-refractivity contribution is -0.118. The standard InChI is InChI=1S/C20H33N3O2/c1-5-6-11-18(21-12-8-13-23(4)14-15-24)20(25)22-19-16(2)9-7-10-17(19)3/h7,9-10,15,18,21H,5-6,8,11-14H2,1-4H3,(H,22,25)/t18-/m1/s1. The average molecular weight is 348 g/mol. The molecule has 2 N–H and O–H groups in total. The number of rotatable bonds is 12.